The van der Waals surface area contributed by atoms with E-state index in [2.05, 4.69) is 32.9 Å². The number of carbonyl (C=O) groups is 1. The summed E-state index contributed by atoms with van der Waals surface area (Å²) in [6, 6.07) is 3.39. The van der Waals surface area contributed by atoms with E-state index in [1.807, 2.05) is 0 Å². The molecule has 2 fully saturated rings. The van der Waals surface area contributed by atoms with E-state index in [1.165, 1.54) is 6.42 Å². The maximum atomic E-state index is 11.3. The monoisotopic (exact) mass is 412 g/mol. The van der Waals surface area contributed by atoms with Crippen LogP contribution in [0, 0.1) is 11.8 Å². The molecular formula is C22H40O5Si. The van der Waals surface area contributed by atoms with E-state index in [9.17, 15) is 9.90 Å². The Hall–Kier alpha value is -0.693. The first kappa shape index (κ1) is 23.6. The average molecular weight is 413 g/mol. The van der Waals surface area contributed by atoms with Crippen molar-refractivity contribution >= 4 is 14.3 Å². The number of carboxylic acids is 1. The molecule has 1 saturated heterocycles. The molecule has 0 bridgehead atoms. The van der Waals surface area contributed by atoms with E-state index in [0.29, 0.717) is 6.61 Å². The van der Waals surface area contributed by atoms with Crippen molar-refractivity contribution in [1.29, 1.82) is 0 Å². The molecule has 1 saturated carbocycles. The number of hydrogen-bond acceptors (Lipinski definition) is 4. The molecule has 1 aliphatic carbocycles. The Kier molecular flexibility index (Phi) is 10.2. The molecule has 0 aromatic carbocycles. The molecule has 1 aliphatic heterocycles. The maximum Gasteiger partial charge on any atom is 0.303 e. The van der Waals surface area contributed by atoms with Crippen molar-refractivity contribution in [3.05, 3.63) is 12.2 Å². The highest BCUT2D eigenvalue weighted by Gasteiger charge is 2.41. The minimum atomic E-state index is -1.69. The lowest BCUT2D eigenvalue weighted by Gasteiger charge is -2.34. The molecule has 1 heterocycles. The van der Waals surface area contributed by atoms with Crippen LogP contribution in [-0.2, 0) is 18.7 Å². The zero-order chi connectivity index (χ0) is 20.4. The molecule has 162 valence electrons. The molecule has 28 heavy (non-hydrogen) atoms. The second kappa shape index (κ2) is 12.1. The van der Waals surface area contributed by atoms with Crippen LogP contribution in [0.3, 0.4) is 0 Å². The Balaban J connectivity index is 1.91. The Labute approximate surface area is 172 Å². The largest absolute Gasteiger partial charge is 0.481 e. The molecule has 4 atom stereocenters. The van der Waals surface area contributed by atoms with Gasteiger partial charge < -0.3 is 19.0 Å². The van der Waals surface area contributed by atoms with Gasteiger partial charge in [0.2, 0.25) is 0 Å². The van der Waals surface area contributed by atoms with Gasteiger partial charge in [-0.15, -0.1) is 0 Å². The maximum absolute atomic E-state index is 11.3. The van der Waals surface area contributed by atoms with Crippen LogP contribution < -0.4 is 0 Å². The fraction of sp³-hybridized carbons (Fsp3) is 0.864. The van der Waals surface area contributed by atoms with E-state index in [0.717, 1.165) is 56.8 Å². The fourth-order valence-corrected chi connectivity index (χ4v) is 7.55. The van der Waals surface area contributed by atoms with Crippen molar-refractivity contribution in [2.24, 2.45) is 11.8 Å². The minimum absolute atomic E-state index is 0.0465. The predicted molar refractivity (Wildman–Crippen MR) is 114 cm³/mol. The first-order valence-electron chi connectivity index (χ1n) is 11.3. The molecule has 1 N–H and O–H groups in total. The lowest BCUT2D eigenvalue weighted by Crippen LogP contribution is -2.41. The Morgan fingerprint density at radius 1 is 1.14 bits per heavy atom. The summed E-state index contributed by atoms with van der Waals surface area (Å²) in [4.78, 5) is 11.3. The van der Waals surface area contributed by atoms with Crippen LogP contribution in [0.1, 0.15) is 65.7 Å². The van der Waals surface area contributed by atoms with E-state index < -0.39 is 14.3 Å². The van der Waals surface area contributed by atoms with Gasteiger partial charge in [-0.1, -0.05) is 32.9 Å². The molecule has 0 amide bonds. The predicted octanol–water partition coefficient (Wildman–Crippen LogP) is 5.37. The van der Waals surface area contributed by atoms with Crippen molar-refractivity contribution in [1.82, 2.24) is 0 Å². The SMILES string of the molecule is CC[Si](CC)(CC)O[C@@H]1CC[C@H](CC(=O)O)[C@@H]1/C=C\CCOC1CCCCO1. The third kappa shape index (κ3) is 6.97. The second-order valence-corrected chi connectivity index (χ2v) is 13.0. The molecule has 2 rings (SSSR count). The highest BCUT2D eigenvalue weighted by atomic mass is 28.4. The molecular weight excluding hydrogens is 372 g/mol. The van der Waals surface area contributed by atoms with Gasteiger partial charge in [0.1, 0.15) is 0 Å². The first-order chi connectivity index (χ1) is 13.5. The van der Waals surface area contributed by atoms with Gasteiger partial charge in [0.15, 0.2) is 14.6 Å². The van der Waals surface area contributed by atoms with Crippen LogP contribution in [-0.4, -0.2) is 45.0 Å². The Morgan fingerprint density at radius 3 is 2.50 bits per heavy atom. The highest BCUT2D eigenvalue weighted by molar-refractivity contribution is 6.73. The lowest BCUT2D eigenvalue weighted by molar-refractivity contribution is -0.161. The van der Waals surface area contributed by atoms with Gasteiger partial charge in [-0.25, -0.2) is 0 Å². The normalized spacial score (nSPS) is 28.8. The van der Waals surface area contributed by atoms with Gasteiger partial charge >= 0.3 is 5.97 Å². The number of hydrogen-bond donors (Lipinski definition) is 1. The fourth-order valence-electron chi connectivity index (χ4n) is 4.63. The Morgan fingerprint density at radius 2 is 1.89 bits per heavy atom. The van der Waals surface area contributed by atoms with Crippen molar-refractivity contribution in [3.63, 3.8) is 0 Å². The smallest absolute Gasteiger partial charge is 0.303 e. The summed E-state index contributed by atoms with van der Waals surface area (Å²) >= 11 is 0. The van der Waals surface area contributed by atoms with Gasteiger partial charge in [0.05, 0.1) is 12.7 Å². The van der Waals surface area contributed by atoms with Crippen LogP contribution in [0.4, 0.5) is 0 Å². The van der Waals surface area contributed by atoms with Crippen LogP contribution in [0.15, 0.2) is 12.2 Å². The molecule has 0 aromatic heterocycles. The summed E-state index contributed by atoms with van der Waals surface area (Å²) in [5.41, 5.74) is 0. The molecule has 2 aliphatic rings. The first-order valence-corrected chi connectivity index (χ1v) is 13.9. The summed E-state index contributed by atoms with van der Waals surface area (Å²) in [7, 11) is -1.69. The summed E-state index contributed by atoms with van der Waals surface area (Å²) in [5.74, 6) is -0.316. The molecule has 5 nitrogen and oxygen atoms in total. The summed E-state index contributed by atoms with van der Waals surface area (Å²) in [6.45, 7) is 8.20. The summed E-state index contributed by atoms with van der Waals surface area (Å²) < 4.78 is 18.2. The average Bonchev–Trinajstić information content (AvgIpc) is 3.07. The van der Waals surface area contributed by atoms with Crippen LogP contribution >= 0.6 is 0 Å². The zero-order valence-corrected chi connectivity index (χ0v) is 19.0. The van der Waals surface area contributed by atoms with E-state index in [1.54, 1.807) is 0 Å². The minimum Gasteiger partial charge on any atom is -0.481 e. The molecule has 0 radical (unpaired) electrons. The second-order valence-electron chi connectivity index (χ2n) is 8.30. The number of aliphatic carboxylic acids is 1. The molecule has 6 heteroatoms. The quantitative estimate of drug-likeness (QED) is 0.265. The third-order valence-electron chi connectivity index (χ3n) is 6.65. The van der Waals surface area contributed by atoms with E-state index in [4.69, 9.17) is 13.9 Å². The summed E-state index contributed by atoms with van der Waals surface area (Å²) in [5, 5.41) is 9.31. The van der Waals surface area contributed by atoms with Crippen LogP contribution in [0.5, 0.6) is 0 Å². The molecule has 1 unspecified atom stereocenters. The highest BCUT2D eigenvalue weighted by Crippen LogP contribution is 2.40. The number of ether oxygens (including phenoxy) is 2. The number of carboxylic acid groups (broad SMARTS) is 1. The summed E-state index contributed by atoms with van der Waals surface area (Å²) in [6.07, 6.45) is 10.8. The van der Waals surface area contributed by atoms with Gasteiger partial charge in [-0.05, 0) is 62.6 Å². The van der Waals surface area contributed by atoms with Crippen molar-refractivity contribution < 1.29 is 23.8 Å². The number of rotatable bonds is 12. The molecule has 0 aromatic rings. The van der Waals surface area contributed by atoms with Crippen molar-refractivity contribution in [2.75, 3.05) is 13.2 Å². The topological polar surface area (TPSA) is 65.0 Å². The third-order valence-corrected chi connectivity index (χ3v) is 11.3. The van der Waals surface area contributed by atoms with Crippen LogP contribution in [0.25, 0.3) is 0 Å². The zero-order valence-electron chi connectivity index (χ0n) is 18.0. The van der Waals surface area contributed by atoms with Gasteiger partial charge in [0, 0.05) is 18.9 Å². The van der Waals surface area contributed by atoms with Crippen molar-refractivity contribution in [2.45, 2.75) is 96.2 Å². The van der Waals surface area contributed by atoms with Gasteiger partial charge in [0.25, 0.3) is 0 Å². The van der Waals surface area contributed by atoms with Gasteiger partial charge in [-0.3, -0.25) is 4.79 Å². The molecule has 0 spiro atoms. The van der Waals surface area contributed by atoms with Gasteiger partial charge in [-0.2, -0.15) is 0 Å². The standard InChI is InChI=1S/C22H40O5Si/c1-4-28(5-2,6-3)27-20-14-13-18(17-21(23)24)19(20)11-7-9-15-25-22-12-8-10-16-26-22/h7,11,18-20,22H,4-6,8-10,12-17H2,1-3H3,(H,23,24)/b11-7-/t18-,19+,20-,22?/m1/s1. The lowest BCUT2D eigenvalue weighted by atomic mass is 9.91. The van der Waals surface area contributed by atoms with Crippen LogP contribution in [0.2, 0.25) is 18.1 Å². The van der Waals surface area contributed by atoms with Crippen molar-refractivity contribution in [3.8, 4) is 0 Å². The van der Waals surface area contributed by atoms with E-state index >= 15 is 0 Å². The Bertz CT molecular complexity index is 477. The van der Waals surface area contributed by atoms with E-state index in [-0.39, 0.29) is 30.7 Å².